The zero-order valence-corrected chi connectivity index (χ0v) is 20.5. The van der Waals surface area contributed by atoms with Crippen molar-refractivity contribution >= 4 is 35.1 Å². The van der Waals surface area contributed by atoms with Gasteiger partial charge in [-0.2, -0.15) is 0 Å². The summed E-state index contributed by atoms with van der Waals surface area (Å²) in [7, 11) is 0. The molecule has 1 fully saturated rings. The number of rotatable bonds is 7. The van der Waals surface area contributed by atoms with Gasteiger partial charge in [0, 0.05) is 29.9 Å². The number of halogens is 2. The van der Waals surface area contributed by atoms with E-state index in [0.29, 0.717) is 30.4 Å². The van der Waals surface area contributed by atoms with Crippen LogP contribution in [0.25, 0.3) is 0 Å². The summed E-state index contributed by atoms with van der Waals surface area (Å²) in [5.74, 6) is 0.304. The lowest BCUT2D eigenvalue weighted by Gasteiger charge is -2.27. The Kier molecular flexibility index (Phi) is 6.78. The molecule has 3 atom stereocenters. The Bertz CT molecular complexity index is 1240. The van der Waals surface area contributed by atoms with Crippen LogP contribution >= 0.6 is 11.6 Å². The SMILES string of the molecule is CCC1N=C2C=C(Cl)C=CN2C1C(=O)NCc1ccc(N2CC(Cc3ccc(F)cc3)OC2=O)cc1. The third kappa shape index (κ3) is 4.99. The number of cyclic esters (lactones) is 1. The Morgan fingerprint density at radius 2 is 1.89 bits per heavy atom. The van der Waals surface area contributed by atoms with E-state index < -0.39 is 12.1 Å². The van der Waals surface area contributed by atoms with Crippen LogP contribution in [0.2, 0.25) is 0 Å². The molecule has 0 aromatic heterocycles. The van der Waals surface area contributed by atoms with Gasteiger partial charge in [0.1, 0.15) is 23.8 Å². The molecule has 3 unspecified atom stereocenters. The number of hydrogen-bond donors (Lipinski definition) is 1. The maximum Gasteiger partial charge on any atom is 0.414 e. The van der Waals surface area contributed by atoms with Crippen LogP contribution in [0.4, 0.5) is 14.9 Å². The monoisotopic (exact) mass is 508 g/mol. The van der Waals surface area contributed by atoms with Crippen LogP contribution in [-0.2, 0) is 22.5 Å². The summed E-state index contributed by atoms with van der Waals surface area (Å²) in [5, 5.41) is 3.60. The Balaban J connectivity index is 1.17. The van der Waals surface area contributed by atoms with Crippen LogP contribution in [0.5, 0.6) is 0 Å². The molecule has 186 valence electrons. The summed E-state index contributed by atoms with van der Waals surface area (Å²) in [6.07, 6.45) is 5.87. The Morgan fingerprint density at radius 1 is 1.17 bits per heavy atom. The van der Waals surface area contributed by atoms with Crippen molar-refractivity contribution < 1.29 is 18.7 Å². The minimum Gasteiger partial charge on any atom is -0.444 e. The second kappa shape index (κ2) is 10.1. The topological polar surface area (TPSA) is 74.2 Å². The van der Waals surface area contributed by atoms with Gasteiger partial charge in [-0.3, -0.25) is 14.7 Å². The van der Waals surface area contributed by atoms with Gasteiger partial charge >= 0.3 is 6.09 Å². The smallest absolute Gasteiger partial charge is 0.414 e. The van der Waals surface area contributed by atoms with Crippen molar-refractivity contribution in [3.05, 3.63) is 88.9 Å². The lowest BCUT2D eigenvalue weighted by Crippen LogP contribution is -2.48. The number of amides is 2. The van der Waals surface area contributed by atoms with Crippen molar-refractivity contribution in [3.8, 4) is 0 Å². The van der Waals surface area contributed by atoms with Gasteiger partial charge in [0.15, 0.2) is 0 Å². The molecule has 1 saturated heterocycles. The fourth-order valence-electron chi connectivity index (χ4n) is 4.66. The molecule has 0 saturated carbocycles. The first-order chi connectivity index (χ1) is 17.4. The van der Waals surface area contributed by atoms with Crippen molar-refractivity contribution in [2.24, 2.45) is 4.99 Å². The Morgan fingerprint density at radius 3 is 2.61 bits per heavy atom. The van der Waals surface area contributed by atoms with Crippen molar-refractivity contribution in [1.82, 2.24) is 10.2 Å². The minimum atomic E-state index is -0.418. The highest BCUT2D eigenvalue weighted by Crippen LogP contribution is 2.27. The van der Waals surface area contributed by atoms with E-state index in [9.17, 15) is 14.0 Å². The maximum absolute atomic E-state index is 13.1. The summed E-state index contributed by atoms with van der Waals surface area (Å²) in [6.45, 7) is 2.78. The number of fused-ring (bicyclic) bond motifs is 1. The van der Waals surface area contributed by atoms with Crippen LogP contribution < -0.4 is 10.2 Å². The van der Waals surface area contributed by atoms with Crippen molar-refractivity contribution in [1.29, 1.82) is 0 Å². The second-order valence-corrected chi connectivity index (χ2v) is 9.43. The summed E-state index contributed by atoms with van der Waals surface area (Å²) >= 11 is 6.08. The van der Waals surface area contributed by atoms with Gasteiger partial charge in [-0.15, -0.1) is 0 Å². The molecule has 0 aliphatic carbocycles. The fraction of sp³-hybridized carbons (Fsp3) is 0.296. The number of carbonyl (C=O) groups is 2. The normalized spacial score (nSPS) is 22.8. The number of nitrogens with zero attached hydrogens (tertiary/aromatic N) is 3. The molecular weight excluding hydrogens is 483 g/mol. The first-order valence-electron chi connectivity index (χ1n) is 11.9. The standard InChI is InChI=1S/C27H26ClFN4O3/c1-2-23-25(32-12-11-19(28)14-24(32)31-23)26(34)30-15-18-5-9-21(10-6-18)33-16-22(36-27(33)35)13-17-3-7-20(29)8-4-17/h3-12,14,22-23,25H,2,13,15-16H2,1H3,(H,30,34). The number of nitrogens with one attached hydrogen (secondary N) is 1. The average molecular weight is 509 g/mol. The van der Waals surface area contributed by atoms with Crippen molar-refractivity contribution in [3.63, 3.8) is 0 Å². The molecule has 0 bridgehead atoms. The molecule has 1 N–H and O–H groups in total. The molecule has 0 spiro atoms. The molecule has 9 heteroatoms. The molecule has 2 aromatic carbocycles. The molecule has 3 heterocycles. The number of ether oxygens (including phenoxy) is 1. The molecule has 7 nitrogen and oxygen atoms in total. The van der Waals surface area contributed by atoms with E-state index >= 15 is 0 Å². The summed E-state index contributed by atoms with van der Waals surface area (Å²) in [4.78, 5) is 33.6. The van der Waals surface area contributed by atoms with Gasteiger partial charge < -0.3 is 15.0 Å². The Labute approximate surface area is 213 Å². The molecule has 3 aliphatic heterocycles. The Hall–Kier alpha value is -3.65. The van der Waals surface area contributed by atoms with E-state index in [1.54, 1.807) is 35.4 Å². The van der Waals surface area contributed by atoms with E-state index in [2.05, 4.69) is 10.3 Å². The van der Waals surface area contributed by atoms with E-state index in [4.69, 9.17) is 16.3 Å². The van der Waals surface area contributed by atoms with Crippen molar-refractivity contribution in [2.45, 2.75) is 44.5 Å². The lowest BCUT2D eigenvalue weighted by molar-refractivity contribution is -0.124. The third-order valence-corrected chi connectivity index (χ3v) is 6.78. The first kappa shape index (κ1) is 24.1. The highest BCUT2D eigenvalue weighted by molar-refractivity contribution is 6.33. The number of amidine groups is 1. The molecule has 3 aliphatic rings. The van der Waals surface area contributed by atoms with Gasteiger partial charge in [-0.25, -0.2) is 9.18 Å². The quantitative estimate of drug-likeness (QED) is 0.596. The van der Waals surface area contributed by atoms with Gasteiger partial charge in [-0.1, -0.05) is 42.8 Å². The van der Waals surface area contributed by atoms with Crippen LogP contribution in [0.15, 0.2) is 76.9 Å². The van der Waals surface area contributed by atoms with E-state index in [1.165, 1.54) is 12.1 Å². The van der Waals surface area contributed by atoms with Gasteiger partial charge in [0.25, 0.3) is 0 Å². The number of hydrogen-bond acceptors (Lipinski definition) is 5. The highest BCUT2D eigenvalue weighted by Gasteiger charge is 2.39. The van der Waals surface area contributed by atoms with Gasteiger partial charge in [0.05, 0.1) is 12.6 Å². The van der Waals surface area contributed by atoms with E-state index in [1.807, 2.05) is 36.1 Å². The average Bonchev–Trinajstić information content (AvgIpc) is 3.43. The molecule has 2 amide bonds. The molecular formula is C27H26ClFN4O3. The van der Waals surface area contributed by atoms with Crippen LogP contribution in [0.3, 0.4) is 0 Å². The zero-order valence-electron chi connectivity index (χ0n) is 19.7. The largest absolute Gasteiger partial charge is 0.444 e. The predicted molar refractivity (Wildman–Crippen MR) is 136 cm³/mol. The molecule has 36 heavy (non-hydrogen) atoms. The number of benzene rings is 2. The predicted octanol–water partition coefficient (Wildman–Crippen LogP) is 4.52. The third-order valence-electron chi connectivity index (χ3n) is 6.54. The highest BCUT2D eigenvalue weighted by atomic mass is 35.5. The van der Waals surface area contributed by atoms with E-state index in [-0.39, 0.29) is 23.9 Å². The summed E-state index contributed by atoms with van der Waals surface area (Å²) in [6, 6.07) is 13.1. The lowest BCUT2D eigenvalue weighted by atomic mass is 10.1. The fourth-order valence-corrected chi connectivity index (χ4v) is 4.82. The van der Waals surface area contributed by atoms with Crippen LogP contribution in [0.1, 0.15) is 24.5 Å². The minimum absolute atomic E-state index is 0.104. The van der Waals surface area contributed by atoms with Crippen molar-refractivity contribution in [2.75, 3.05) is 11.4 Å². The molecule has 5 rings (SSSR count). The number of anilines is 1. The van der Waals surface area contributed by atoms with E-state index in [0.717, 1.165) is 23.2 Å². The van der Waals surface area contributed by atoms with Gasteiger partial charge in [0.2, 0.25) is 5.91 Å². The zero-order chi connectivity index (χ0) is 25.2. The van der Waals surface area contributed by atoms with Crippen LogP contribution in [-0.4, -0.2) is 47.5 Å². The van der Waals surface area contributed by atoms with Gasteiger partial charge in [-0.05, 0) is 54.0 Å². The molecule has 0 radical (unpaired) electrons. The number of carbonyl (C=O) groups excluding carboxylic acids is 2. The number of aliphatic imine (C=N–C) groups is 1. The summed E-state index contributed by atoms with van der Waals surface area (Å²) < 4.78 is 18.6. The summed E-state index contributed by atoms with van der Waals surface area (Å²) in [5.41, 5.74) is 2.54. The second-order valence-electron chi connectivity index (χ2n) is 8.99. The molecule has 2 aromatic rings. The maximum atomic E-state index is 13.1. The van der Waals surface area contributed by atoms with Crippen LogP contribution in [0, 0.1) is 5.82 Å². The number of allylic oxidation sites excluding steroid dienone is 2. The first-order valence-corrected chi connectivity index (χ1v) is 12.3.